The van der Waals surface area contributed by atoms with Gasteiger partial charge in [0.15, 0.2) is 0 Å². The Morgan fingerprint density at radius 3 is 2.52 bits per heavy atom. The lowest BCUT2D eigenvalue weighted by Gasteiger charge is -2.19. The molecule has 0 atom stereocenters. The van der Waals surface area contributed by atoms with E-state index in [-0.39, 0.29) is 11.8 Å². The first-order valence-corrected chi connectivity index (χ1v) is 7.61. The van der Waals surface area contributed by atoms with Crippen molar-refractivity contribution in [3.05, 3.63) is 45.9 Å². The third kappa shape index (κ3) is 4.56. The third-order valence-electron chi connectivity index (χ3n) is 3.01. The number of carbonyl (C=O) groups is 1. The van der Waals surface area contributed by atoms with Crippen LogP contribution in [0, 0.1) is 0 Å². The van der Waals surface area contributed by atoms with Crippen LogP contribution in [0.5, 0.6) is 5.75 Å². The summed E-state index contributed by atoms with van der Waals surface area (Å²) < 4.78 is 5.68. The number of aromatic nitrogens is 1. The van der Waals surface area contributed by atoms with Crippen LogP contribution in [0.2, 0.25) is 0 Å². The fourth-order valence-electron chi connectivity index (χ4n) is 1.85. The molecule has 0 saturated carbocycles. The van der Waals surface area contributed by atoms with E-state index >= 15 is 0 Å². The molecule has 0 spiro atoms. The van der Waals surface area contributed by atoms with E-state index in [9.17, 15) is 4.79 Å². The van der Waals surface area contributed by atoms with Crippen LogP contribution in [0.1, 0.15) is 37.0 Å². The van der Waals surface area contributed by atoms with E-state index in [1.54, 1.807) is 5.38 Å². The molecule has 0 amide bonds. The molecule has 4 nitrogen and oxygen atoms in total. The summed E-state index contributed by atoms with van der Waals surface area (Å²) in [4.78, 5) is 14.8. The zero-order valence-corrected chi connectivity index (χ0v) is 13.2. The van der Waals surface area contributed by atoms with Crippen molar-refractivity contribution < 1.29 is 14.6 Å². The normalized spacial score (nSPS) is 11.4. The SMILES string of the molecule is CC(C)(C)c1ccc(OCc2nc(CC(=O)O)cs2)cc1. The van der Waals surface area contributed by atoms with Gasteiger partial charge in [0.2, 0.25) is 0 Å². The second kappa shape index (κ2) is 6.26. The summed E-state index contributed by atoms with van der Waals surface area (Å²) >= 11 is 1.42. The predicted molar refractivity (Wildman–Crippen MR) is 82.9 cm³/mol. The fourth-order valence-corrected chi connectivity index (χ4v) is 2.55. The average Bonchev–Trinajstić information content (AvgIpc) is 2.82. The average molecular weight is 305 g/mol. The minimum absolute atomic E-state index is 0.0449. The lowest BCUT2D eigenvalue weighted by molar-refractivity contribution is -0.136. The first kappa shape index (κ1) is 15.5. The van der Waals surface area contributed by atoms with Gasteiger partial charge in [0.25, 0.3) is 0 Å². The molecule has 0 unspecified atom stereocenters. The standard InChI is InChI=1S/C16H19NO3S/c1-16(2,3)11-4-6-13(7-5-11)20-9-14-17-12(10-21-14)8-15(18)19/h4-7,10H,8-9H2,1-3H3,(H,18,19). The van der Waals surface area contributed by atoms with E-state index in [1.807, 2.05) is 12.1 Å². The zero-order chi connectivity index (χ0) is 15.5. The molecule has 1 aromatic heterocycles. The summed E-state index contributed by atoms with van der Waals surface area (Å²) in [6.45, 7) is 6.87. The number of thiazole rings is 1. The lowest BCUT2D eigenvalue weighted by atomic mass is 9.87. The van der Waals surface area contributed by atoms with E-state index < -0.39 is 5.97 Å². The molecule has 21 heavy (non-hydrogen) atoms. The molecule has 1 N–H and O–H groups in total. The van der Waals surface area contributed by atoms with Crippen LogP contribution in [0.15, 0.2) is 29.6 Å². The van der Waals surface area contributed by atoms with E-state index in [2.05, 4.69) is 37.9 Å². The molecule has 0 saturated heterocycles. The molecule has 1 aromatic carbocycles. The van der Waals surface area contributed by atoms with Crippen LogP contribution in [0.3, 0.4) is 0 Å². The van der Waals surface area contributed by atoms with Crippen LogP contribution in [0.4, 0.5) is 0 Å². The van der Waals surface area contributed by atoms with E-state index in [4.69, 9.17) is 9.84 Å². The molecular weight excluding hydrogens is 286 g/mol. The Morgan fingerprint density at radius 1 is 1.29 bits per heavy atom. The molecular formula is C16H19NO3S. The number of ether oxygens (including phenoxy) is 1. The molecule has 0 fully saturated rings. The Kier molecular flexibility index (Phi) is 4.63. The summed E-state index contributed by atoms with van der Waals surface area (Å²) in [6, 6.07) is 8.03. The molecule has 5 heteroatoms. The number of benzene rings is 1. The number of rotatable bonds is 5. The van der Waals surface area contributed by atoms with Crippen molar-refractivity contribution in [2.24, 2.45) is 0 Å². The molecule has 1 heterocycles. The lowest BCUT2D eigenvalue weighted by Crippen LogP contribution is -2.10. The van der Waals surface area contributed by atoms with Crippen LogP contribution in [0.25, 0.3) is 0 Å². The predicted octanol–water partition coefficient (Wildman–Crippen LogP) is 3.65. The van der Waals surface area contributed by atoms with Gasteiger partial charge < -0.3 is 9.84 Å². The van der Waals surface area contributed by atoms with Gasteiger partial charge in [-0.2, -0.15) is 0 Å². The van der Waals surface area contributed by atoms with Gasteiger partial charge in [0.1, 0.15) is 17.4 Å². The van der Waals surface area contributed by atoms with Gasteiger partial charge in [-0.15, -0.1) is 11.3 Å². The van der Waals surface area contributed by atoms with Gasteiger partial charge in [0.05, 0.1) is 12.1 Å². The second-order valence-corrected chi connectivity index (χ2v) is 6.81. The maximum absolute atomic E-state index is 10.6. The maximum Gasteiger partial charge on any atom is 0.309 e. The Labute approximate surface area is 128 Å². The third-order valence-corrected chi connectivity index (χ3v) is 3.89. The Bertz CT molecular complexity index is 611. The summed E-state index contributed by atoms with van der Waals surface area (Å²) in [7, 11) is 0. The van der Waals surface area contributed by atoms with E-state index in [0.717, 1.165) is 10.8 Å². The molecule has 0 radical (unpaired) electrons. The number of hydrogen-bond donors (Lipinski definition) is 1. The van der Waals surface area contributed by atoms with Gasteiger partial charge in [-0.1, -0.05) is 32.9 Å². The molecule has 2 rings (SSSR count). The minimum atomic E-state index is -0.870. The highest BCUT2D eigenvalue weighted by molar-refractivity contribution is 7.09. The van der Waals surface area contributed by atoms with Crippen LogP contribution in [-0.4, -0.2) is 16.1 Å². The summed E-state index contributed by atoms with van der Waals surface area (Å²) in [6.07, 6.45) is -0.0449. The molecule has 112 valence electrons. The number of nitrogens with zero attached hydrogens (tertiary/aromatic N) is 1. The van der Waals surface area contributed by atoms with Crippen molar-refractivity contribution >= 4 is 17.3 Å². The number of hydrogen-bond acceptors (Lipinski definition) is 4. The van der Waals surface area contributed by atoms with Gasteiger partial charge >= 0.3 is 5.97 Å². The Hall–Kier alpha value is -1.88. The Balaban J connectivity index is 1.94. The zero-order valence-electron chi connectivity index (χ0n) is 12.4. The fraction of sp³-hybridized carbons (Fsp3) is 0.375. The van der Waals surface area contributed by atoms with Crippen molar-refractivity contribution in [1.82, 2.24) is 4.98 Å². The minimum Gasteiger partial charge on any atom is -0.486 e. The van der Waals surface area contributed by atoms with Crippen molar-refractivity contribution in [2.75, 3.05) is 0 Å². The maximum atomic E-state index is 10.6. The van der Waals surface area contributed by atoms with Crippen molar-refractivity contribution in [2.45, 2.75) is 39.2 Å². The van der Waals surface area contributed by atoms with Gasteiger partial charge in [-0.05, 0) is 23.1 Å². The van der Waals surface area contributed by atoms with Crippen LogP contribution in [-0.2, 0) is 23.2 Å². The van der Waals surface area contributed by atoms with Gasteiger partial charge in [-0.25, -0.2) is 4.98 Å². The highest BCUT2D eigenvalue weighted by atomic mass is 32.1. The van der Waals surface area contributed by atoms with Crippen molar-refractivity contribution in [3.8, 4) is 5.75 Å². The second-order valence-electron chi connectivity index (χ2n) is 5.87. The molecule has 0 aliphatic rings. The largest absolute Gasteiger partial charge is 0.486 e. The molecule has 0 aliphatic heterocycles. The van der Waals surface area contributed by atoms with Crippen LogP contribution >= 0.6 is 11.3 Å². The summed E-state index contributed by atoms with van der Waals surface area (Å²) in [5, 5.41) is 11.3. The van der Waals surface area contributed by atoms with E-state index in [1.165, 1.54) is 16.9 Å². The molecule has 0 bridgehead atoms. The quantitative estimate of drug-likeness (QED) is 0.916. The van der Waals surface area contributed by atoms with Crippen molar-refractivity contribution in [3.63, 3.8) is 0 Å². The summed E-state index contributed by atoms with van der Waals surface area (Å²) in [5.74, 6) is -0.0801. The number of carboxylic acid groups (broad SMARTS) is 1. The smallest absolute Gasteiger partial charge is 0.309 e. The first-order valence-electron chi connectivity index (χ1n) is 6.73. The highest BCUT2D eigenvalue weighted by Crippen LogP contribution is 2.24. The van der Waals surface area contributed by atoms with Crippen LogP contribution < -0.4 is 4.74 Å². The van der Waals surface area contributed by atoms with Gasteiger partial charge in [0, 0.05) is 5.38 Å². The van der Waals surface area contributed by atoms with Crippen molar-refractivity contribution in [1.29, 1.82) is 0 Å². The number of aliphatic carboxylic acids is 1. The Morgan fingerprint density at radius 2 is 1.95 bits per heavy atom. The summed E-state index contributed by atoms with van der Waals surface area (Å²) in [5.41, 5.74) is 1.96. The van der Waals surface area contributed by atoms with Gasteiger partial charge in [-0.3, -0.25) is 4.79 Å². The molecule has 2 aromatic rings. The topological polar surface area (TPSA) is 59.4 Å². The monoisotopic (exact) mass is 305 g/mol. The number of carboxylic acids is 1. The highest BCUT2D eigenvalue weighted by Gasteiger charge is 2.13. The first-order chi connectivity index (χ1) is 9.84. The van der Waals surface area contributed by atoms with E-state index in [0.29, 0.717) is 12.3 Å². The molecule has 0 aliphatic carbocycles.